The third-order valence-electron chi connectivity index (χ3n) is 3.83. The molecule has 0 saturated carbocycles. The van der Waals surface area contributed by atoms with E-state index in [9.17, 15) is 15.3 Å². The SMILES string of the molecule is C[N+](C)([O-])CCNc1c2ccccc2nc2cccc([N+](=O)[O-])c12. The van der Waals surface area contributed by atoms with E-state index in [0.29, 0.717) is 29.7 Å². The molecular weight excluding hydrogens is 308 g/mol. The Morgan fingerprint density at radius 1 is 1.12 bits per heavy atom. The van der Waals surface area contributed by atoms with E-state index < -0.39 is 9.57 Å². The van der Waals surface area contributed by atoms with Gasteiger partial charge in [0.25, 0.3) is 5.69 Å². The summed E-state index contributed by atoms with van der Waals surface area (Å²) in [7, 11) is 3.12. The van der Waals surface area contributed by atoms with Crippen molar-refractivity contribution >= 4 is 33.2 Å². The Hall–Kier alpha value is -2.77. The van der Waals surface area contributed by atoms with E-state index in [1.165, 1.54) is 6.07 Å². The van der Waals surface area contributed by atoms with E-state index in [4.69, 9.17) is 0 Å². The minimum Gasteiger partial charge on any atom is -0.633 e. The molecule has 0 unspecified atom stereocenters. The quantitative estimate of drug-likeness (QED) is 0.336. The summed E-state index contributed by atoms with van der Waals surface area (Å²) in [5.74, 6) is 0. The number of nitro benzene ring substituents is 1. The Kier molecular flexibility index (Phi) is 4.04. The highest BCUT2D eigenvalue weighted by molar-refractivity contribution is 6.11. The van der Waals surface area contributed by atoms with E-state index in [1.54, 1.807) is 26.2 Å². The molecule has 1 N–H and O–H groups in total. The van der Waals surface area contributed by atoms with Crippen molar-refractivity contribution in [1.82, 2.24) is 4.98 Å². The molecule has 0 radical (unpaired) electrons. The standard InChI is InChI=1S/C17H18N4O3/c1-21(2,24)11-10-18-17-12-6-3-4-7-13(12)19-14-8-5-9-15(16(14)17)20(22)23/h3-9H,10-11H2,1-2H3,(H,18,19). The normalized spacial score (nSPS) is 11.8. The number of nitro groups is 1. The van der Waals surface area contributed by atoms with Gasteiger partial charge in [-0.05, 0) is 12.1 Å². The number of hydrogen-bond donors (Lipinski definition) is 1. The highest BCUT2D eigenvalue weighted by Gasteiger charge is 2.19. The lowest BCUT2D eigenvalue weighted by molar-refractivity contribution is -0.838. The maximum atomic E-state index is 11.8. The molecule has 0 atom stereocenters. The number of hydrogen-bond acceptors (Lipinski definition) is 5. The van der Waals surface area contributed by atoms with Gasteiger partial charge in [0, 0.05) is 11.5 Å². The third kappa shape index (κ3) is 3.12. The van der Waals surface area contributed by atoms with Crippen LogP contribution < -0.4 is 5.32 Å². The molecule has 0 aliphatic heterocycles. The van der Waals surface area contributed by atoms with E-state index >= 15 is 0 Å². The summed E-state index contributed by atoms with van der Waals surface area (Å²) in [6.07, 6.45) is 0. The molecule has 2 aromatic carbocycles. The molecule has 0 aliphatic rings. The number of fused-ring (bicyclic) bond motifs is 2. The van der Waals surface area contributed by atoms with E-state index in [1.807, 2.05) is 24.3 Å². The fraction of sp³-hybridized carbons (Fsp3) is 0.235. The Labute approximate surface area is 138 Å². The average Bonchev–Trinajstić information content (AvgIpc) is 2.52. The van der Waals surface area contributed by atoms with Crippen LogP contribution in [0.3, 0.4) is 0 Å². The van der Waals surface area contributed by atoms with Crippen molar-refractivity contribution in [3.05, 3.63) is 57.8 Å². The summed E-state index contributed by atoms with van der Waals surface area (Å²) in [4.78, 5) is 15.6. The number of para-hydroxylation sites is 1. The maximum Gasteiger partial charge on any atom is 0.280 e. The van der Waals surface area contributed by atoms with Crippen LogP contribution in [-0.4, -0.2) is 41.7 Å². The maximum absolute atomic E-state index is 11.8. The van der Waals surface area contributed by atoms with Crippen LogP contribution in [0.4, 0.5) is 11.4 Å². The molecule has 124 valence electrons. The minimum atomic E-state index is -0.434. The second-order valence-corrected chi connectivity index (χ2v) is 6.16. The molecule has 0 spiro atoms. The number of aromatic nitrogens is 1. The molecule has 0 saturated heterocycles. The molecule has 0 bridgehead atoms. The smallest absolute Gasteiger partial charge is 0.280 e. The van der Waals surface area contributed by atoms with Gasteiger partial charge in [0.05, 0.1) is 48.8 Å². The first kappa shape index (κ1) is 16.1. The lowest BCUT2D eigenvalue weighted by atomic mass is 10.1. The van der Waals surface area contributed by atoms with Gasteiger partial charge in [-0.15, -0.1) is 0 Å². The van der Waals surface area contributed by atoms with Crippen LogP contribution in [0, 0.1) is 15.3 Å². The van der Waals surface area contributed by atoms with E-state index in [0.717, 1.165) is 10.9 Å². The monoisotopic (exact) mass is 326 g/mol. The molecule has 1 heterocycles. The Balaban J connectivity index is 2.21. The fourth-order valence-electron chi connectivity index (χ4n) is 2.71. The second kappa shape index (κ2) is 6.03. The highest BCUT2D eigenvalue weighted by atomic mass is 16.6. The summed E-state index contributed by atoms with van der Waals surface area (Å²) in [6.45, 7) is 0.754. The van der Waals surface area contributed by atoms with Gasteiger partial charge in [-0.3, -0.25) is 10.1 Å². The van der Waals surface area contributed by atoms with Gasteiger partial charge in [0.15, 0.2) is 0 Å². The first-order valence-corrected chi connectivity index (χ1v) is 7.60. The van der Waals surface area contributed by atoms with Gasteiger partial charge in [0.2, 0.25) is 0 Å². The van der Waals surface area contributed by atoms with Crippen LogP contribution in [0.25, 0.3) is 21.8 Å². The van der Waals surface area contributed by atoms with Gasteiger partial charge >= 0.3 is 0 Å². The van der Waals surface area contributed by atoms with Crippen molar-refractivity contribution in [2.24, 2.45) is 0 Å². The zero-order valence-corrected chi connectivity index (χ0v) is 13.5. The number of quaternary nitrogens is 1. The van der Waals surface area contributed by atoms with Crippen molar-refractivity contribution < 1.29 is 9.57 Å². The number of hydroxylamine groups is 3. The topological polar surface area (TPSA) is 91.1 Å². The van der Waals surface area contributed by atoms with Gasteiger partial charge in [-0.1, -0.05) is 24.3 Å². The number of benzene rings is 2. The van der Waals surface area contributed by atoms with Gasteiger partial charge < -0.3 is 15.2 Å². The minimum absolute atomic E-state index is 0.00382. The largest absolute Gasteiger partial charge is 0.633 e. The molecule has 3 rings (SSSR count). The predicted octanol–water partition coefficient (Wildman–Crippen LogP) is 3.28. The molecule has 24 heavy (non-hydrogen) atoms. The molecule has 0 fully saturated rings. The Bertz CT molecular complexity index is 919. The number of nitrogens with zero attached hydrogens (tertiary/aromatic N) is 3. The first-order valence-electron chi connectivity index (χ1n) is 7.60. The van der Waals surface area contributed by atoms with Gasteiger partial charge in [0.1, 0.15) is 5.39 Å². The highest BCUT2D eigenvalue weighted by Crippen LogP contribution is 2.36. The Morgan fingerprint density at radius 3 is 2.54 bits per heavy atom. The summed E-state index contributed by atoms with van der Waals surface area (Å²) in [6, 6.07) is 12.3. The van der Waals surface area contributed by atoms with Crippen LogP contribution in [0.15, 0.2) is 42.5 Å². The average molecular weight is 326 g/mol. The van der Waals surface area contributed by atoms with Crippen molar-refractivity contribution in [2.45, 2.75) is 0 Å². The molecule has 0 amide bonds. The number of likely N-dealkylation sites (N-methyl/N-ethyl adjacent to an activating group) is 1. The molecule has 7 nitrogen and oxygen atoms in total. The van der Waals surface area contributed by atoms with Gasteiger partial charge in [-0.25, -0.2) is 4.98 Å². The lowest BCUT2D eigenvalue weighted by Gasteiger charge is -2.33. The van der Waals surface area contributed by atoms with Crippen LogP contribution in [0.1, 0.15) is 0 Å². The van der Waals surface area contributed by atoms with Crippen LogP contribution in [0.5, 0.6) is 0 Å². The lowest BCUT2D eigenvalue weighted by Crippen LogP contribution is -2.36. The van der Waals surface area contributed by atoms with E-state index in [-0.39, 0.29) is 5.69 Å². The molecule has 7 heteroatoms. The number of non-ortho nitro benzene ring substituents is 1. The van der Waals surface area contributed by atoms with Crippen molar-refractivity contribution in [3.8, 4) is 0 Å². The van der Waals surface area contributed by atoms with Crippen LogP contribution in [-0.2, 0) is 0 Å². The summed E-state index contributed by atoms with van der Waals surface area (Å²) >= 11 is 0. The number of rotatable bonds is 5. The summed E-state index contributed by atoms with van der Waals surface area (Å²) in [5.41, 5.74) is 1.96. The zero-order chi connectivity index (χ0) is 17.3. The predicted molar refractivity (Wildman–Crippen MR) is 94.7 cm³/mol. The fourth-order valence-corrected chi connectivity index (χ4v) is 2.71. The van der Waals surface area contributed by atoms with Crippen molar-refractivity contribution in [2.75, 3.05) is 32.5 Å². The van der Waals surface area contributed by atoms with Crippen molar-refractivity contribution in [3.63, 3.8) is 0 Å². The molecule has 3 aromatic rings. The first-order chi connectivity index (χ1) is 11.4. The van der Waals surface area contributed by atoms with Crippen LogP contribution >= 0.6 is 0 Å². The number of pyridine rings is 1. The second-order valence-electron chi connectivity index (χ2n) is 6.16. The molecular formula is C17H18N4O3. The van der Waals surface area contributed by atoms with Gasteiger partial charge in [-0.2, -0.15) is 0 Å². The molecule has 0 aliphatic carbocycles. The number of anilines is 1. The number of nitrogens with one attached hydrogen (secondary N) is 1. The van der Waals surface area contributed by atoms with Crippen LogP contribution in [0.2, 0.25) is 0 Å². The summed E-state index contributed by atoms with van der Waals surface area (Å²) < 4.78 is -0.434. The zero-order valence-electron chi connectivity index (χ0n) is 13.5. The summed E-state index contributed by atoms with van der Waals surface area (Å²) in [5, 5.41) is 27.7. The Morgan fingerprint density at radius 2 is 1.83 bits per heavy atom. The van der Waals surface area contributed by atoms with Crippen molar-refractivity contribution in [1.29, 1.82) is 0 Å². The molecule has 1 aromatic heterocycles. The van der Waals surface area contributed by atoms with E-state index in [2.05, 4.69) is 10.3 Å². The third-order valence-corrected chi connectivity index (χ3v) is 3.83.